The van der Waals surface area contributed by atoms with Gasteiger partial charge in [-0.05, 0) is 90.9 Å². The lowest BCUT2D eigenvalue weighted by Gasteiger charge is -2.31. The van der Waals surface area contributed by atoms with Crippen LogP contribution in [0.4, 0.5) is 5.69 Å². The molecule has 5 aromatic rings. The quantitative estimate of drug-likeness (QED) is 0.0937. The van der Waals surface area contributed by atoms with E-state index in [1.165, 1.54) is 29.2 Å². The highest BCUT2D eigenvalue weighted by molar-refractivity contribution is 7.70. The first-order valence-electron chi connectivity index (χ1n) is 18.3. The fourth-order valence-electron chi connectivity index (χ4n) is 7.62. The number of ether oxygens (including phenoxy) is 1. The van der Waals surface area contributed by atoms with E-state index in [2.05, 4.69) is 33.8 Å². The Morgan fingerprint density at radius 1 is 0.982 bits per heavy atom. The van der Waals surface area contributed by atoms with Crippen molar-refractivity contribution >= 4 is 64.1 Å². The molecule has 0 spiro atoms. The highest BCUT2D eigenvalue weighted by atomic mass is 31.2. The lowest BCUT2D eigenvalue weighted by molar-refractivity contribution is -0.128. The number of nitrogens with one attached hydrogen (secondary N) is 3. The number of aromatic nitrogens is 1. The van der Waals surface area contributed by atoms with E-state index >= 15 is 0 Å². The molecule has 3 heterocycles. The number of H-pyrrole nitrogens is 1. The number of nitrogens with zero attached hydrogens (tertiary/aromatic N) is 1. The molecule has 0 unspecified atom stereocenters. The van der Waals surface area contributed by atoms with Gasteiger partial charge in [-0.25, -0.2) is 0 Å². The molecule has 7 rings (SSSR count). The Labute approximate surface area is 321 Å². The summed E-state index contributed by atoms with van der Waals surface area (Å²) in [5, 5.41) is 8.43. The number of benzene rings is 4. The third kappa shape index (κ3) is 8.00. The molecule has 4 aromatic carbocycles. The number of hydrogen-bond acceptors (Lipinski definition) is 7. The summed E-state index contributed by atoms with van der Waals surface area (Å²) in [7, 11) is -5.01. The van der Waals surface area contributed by atoms with Crippen molar-refractivity contribution in [3.8, 4) is 0 Å². The van der Waals surface area contributed by atoms with Crippen molar-refractivity contribution in [1.29, 1.82) is 0 Å². The normalized spacial score (nSPS) is 17.6. The number of nitrogens with two attached hydrogens (primary N) is 1. The molecule has 2 aliphatic rings. The van der Waals surface area contributed by atoms with E-state index < -0.39 is 61.0 Å². The molecule has 290 valence electrons. The number of carbonyl (C=O) groups excluding carboxylic acids is 5. The summed E-state index contributed by atoms with van der Waals surface area (Å²) in [6.07, 6.45) is 0.651. The molecule has 0 saturated carbocycles. The van der Waals surface area contributed by atoms with Crippen molar-refractivity contribution in [3.05, 3.63) is 112 Å². The molecule has 2 aliphatic heterocycles. The number of para-hydroxylation sites is 1. The SMILES string of the molecule is Cc1ccc2cc(CO[C@H](C)[C@H](CCC(N)=O)NC(=O)[C@@H]3Cc4cccc5c4N3C(=O)[C@@H](NC(=O)c3cc4cc(C(=O)P(=O)(O)O)ccc4[nH]3)CC5)ccc2c1. The van der Waals surface area contributed by atoms with Crippen molar-refractivity contribution < 1.29 is 43.1 Å². The lowest BCUT2D eigenvalue weighted by atomic mass is 10.0. The minimum Gasteiger partial charge on any atom is -0.372 e. The molecule has 0 fully saturated rings. The summed E-state index contributed by atoms with van der Waals surface area (Å²) in [5.41, 5.74) is 8.92. The standard InChI is InChI=1S/C41H42N5O9P/c1-22-6-8-27-17-24(7-9-26(27)16-22)21-55-23(2)31(14-15-36(42)47)44-39(49)35-20-28-5-3-4-25-10-13-33(40(50)46(35)37(25)28)45-38(48)34-19-30-18-29(11-12-32(30)43-34)41(51)56(52,53)54/h3-9,11-12,16-19,23,31,33,35,43H,10,13-15,20-21H2,1-2H3,(H2,42,47)(H,44,49)(H,45,48)(H2,52,53,54)/t23-,31+,33+,35+/m1/s1. The average molecular weight is 780 g/mol. The van der Waals surface area contributed by atoms with Gasteiger partial charge in [0.1, 0.15) is 17.8 Å². The first-order chi connectivity index (χ1) is 26.7. The van der Waals surface area contributed by atoms with E-state index in [1.807, 2.05) is 50.2 Å². The third-order valence-electron chi connectivity index (χ3n) is 10.6. The van der Waals surface area contributed by atoms with Crippen LogP contribution in [0.3, 0.4) is 0 Å². The Bertz CT molecular complexity index is 2460. The number of rotatable bonds is 13. The van der Waals surface area contributed by atoms with Gasteiger partial charge in [0.2, 0.25) is 17.7 Å². The average Bonchev–Trinajstić information content (AvgIpc) is 3.75. The van der Waals surface area contributed by atoms with Gasteiger partial charge in [-0.15, -0.1) is 0 Å². The number of aryl methyl sites for hydroxylation is 2. The minimum absolute atomic E-state index is 0.00874. The molecule has 7 N–H and O–H groups in total. The summed E-state index contributed by atoms with van der Waals surface area (Å²) in [5.74, 6) is -2.04. The zero-order chi connectivity index (χ0) is 39.9. The predicted molar refractivity (Wildman–Crippen MR) is 209 cm³/mol. The van der Waals surface area contributed by atoms with Crippen molar-refractivity contribution in [2.24, 2.45) is 5.73 Å². The Hall–Kier alpha value is -5.66. The summed E-state index contributed by atoms with van der Waals surface area (Å²) < 4.78 is 17.8. The molecular formula is C41H42N5O9P. The molecule has 4 amide bonds. The van der Waals surface area contributed by atoms with Crippen LogP contribution in [0.15, 0.2) is 78.9 Å². The summed E-state index contributed by atoms with van der Waals surface area (Å²) in [4.78, 5) is 89.2. The van der Waals surface area contributed by atoms with Crippen LogP contribution in [0.5, 0.6) is 0 Å². The van der Waals surface area contributed by atoms with E-state index in [0.29, 0.717) is 23.0 Å². The number of aromatic amines is 1. The molecular weight excluding hydrogens is 737 g/mol. The molecule has 4 atom stereocenters. The van der Waals surface area contributed by atoms with Gasteiger partial charge in [0.05, 0.1) is 24.4 Å². The maximum atomic E-state index is 14.4. The fraction of sp³-hybridized carbons (Fsp3) is 0.293. The van der Waals surface area contributed by atoms with Crippen LogP contribution in [-0.2, 0) is 43.1 Å². The van der Waals surface area contributed by atoms with Crippen molar-refractivity contribution in [2.75, 3.05) is 4.90 Å². The second-order valence-electron chi connectivity index (χ2n) is 14.6. The zero-order valence-electron chi connectivity index (χ0n) is 30.8. The van der Waals surface area contributed by atoms with Gasteiger partial charge in [0.15, 0.2) is 0 Å². The van der Waals surface area contributed by atoms with Crippen LogP contribution in [0.2, 0.25) is 0 Å². The van der Waals surface area contributed by atoms with Crippen LogP contribution in [0, 0.1) is 6.92 Å². The molecule has 0 saturated heterocycles. The second-order valence-corrected chi connectivity index (χ2v) is 16.1. The summed E-state index contributed by atoms with van der Waals surface area (Å²) in [6, 6.07) is 20.8. The maximum Gasteiger partial charge on any atom is 0.396 e. The zero-order valence-corrected chi connectivity index (χ0v) is 31.7. The highest BCUT2D eigenvalue weighted by Gasteiger charge is 2.44. The van der Waals surface area contributed by atoms with Gasteiger partial charge in [0.25, 0.3) is 11.4 Å². The molecule has 0 aliphatic carbocycles. The van der Waals surface area contributed by atoms with Gasteiger partial charge < -0.3 is 35.9 Å². The first-order valence-corrected chi connectivity index (χ1v) is 19.9. The van der Waals surface area contributed by atoms with Crippen LogP contribution in [0.25, 0.3) is 21.7 Å². The Morgan fingerprint density at radius 3 is 2.50 bits per heavy atom. The first kappa shape index (κ1) is 38.6. The van der Waals surface area contributed by atoms with Crippen molar-refractivity contribution in [3.63, 3.8) is 0 Å². The fourth-order valence-corrected chi connectivity index (χ4v) is 8.09. The highest BCUT2D eigenvalue weighted by Crippen LogP contribution is 2.40. The number of carbonyl (C=O) groups is 5. The van der Waals surface area contributed by atoms with E-state index in [-0.39, 0.29) is 43.5 Å². The smallest absolute Gasteiger partial charge is 0.372 e. The molecule has 0 bridgehead atoms. The van der Waals surface area contributed by atoms with Crippen LogP contribution < -0.4 is 21.3 Å². The van der Waals surface area contributed by atoms with Gasteiger partial charge >= 0.3 is 7.60 Å². The van der Waals surface area contributed by atoms with Crippen LogP contribution in [-0.4, -0.2) is 68.2 Å². The Morgan fingerprint density at radius 2 is 1.73 bits per heavy atom. The van der Waals surface area contributed by atoms with Gasteiger partial charge in [-0.1, -0.05) is 54.1 Å². The topological polar surface area (TPSA) is 221 Å². The van der Waals surface area contributed by atoms with Gasteiger partial charge in [-0.3, -0.25) is 33.4 Å². The second kappa shape index (κ2) is 15.5. The lowest BCUT2D eigenvalue weighted by Crippen LogP contribution is -2.56. The molecule has 14 nitrogen and oxygen atoms in total. The Balaban J connectivity index is 1.08. The third-order valence-corrected chi connectivity index (χ3v) is 11.3. The van der Waals surface area contributed by atoms with Crippen LogP contribution >= 0.6 is 7.60 Å². The van der Waals surface area contributed by atoms with E-state index in [9.17, 15) is 38.3 Å². The Kier molecular flexibility index (Phi) is 10.7. The largest absolute Gasteiger partial charge is 0.396 e. The number of primary amides is 1. The summed E-state index contributed by atoms with van der Waals surface area (Å²) >= 11 is 0. The molecule has 0 radical (unpaired) electrons. The predicted octanol–water partition coefficient (Wildman–Crippen LogP) is 4.31. The van der Waals surface area contributed by atoms with Crippen LogP contribution in [0.1, 0.15) is 69.3 Å². The van der Waals surface area contributed by atoms with Crippen molar-refractivity contribution in [2.45, 2.75) is 76.8 Å². The van der Waals surface area contributed by atoms with E-state index in [4.69, 9.17) is 10.5 Å². The van der Waals surface area contributed by atoms with E-state index in [0.717, 1.165) is 33.0 Å². The summed E-state index contributed by atoms with van der Waals surface area (Å²) in [6.45, 7) is 4.13. The number of fused-ring (bicyclic) bond motifs is 2. The van der Waals surface area contributed by atoms with E-state index in [1.54, 1.807) is 0 Å². The molecule has 1 aromatic heterocycles. The maximum absolute atomic E-state index is 14.4. The van der Waals surface area contributed by atoms with Gasteiger partial charge in [0, 0.05) is 29.3 Å². The number of amides is 4. The number of anilines is 1. The minimum atomic E-state index is -5.01. The molecule has 56 heavy (non-hydrogen) atoms. The van der Waals surface area contributed by atoms with Gasteiger partial charge in [-0.2, -0.15) is 0 Å². The number of hydrogen-bond donors (Lipinski definition) is 6. The molecule has 15 heteroatoms. The monoisotopic (exact) mass is 779 g/mol. The van der Waals surface area contributed by atoms with Crippen molar-refractivity contribution in [1.82, 2.24) is 15.6 Å².